The molecule has 1 saturated heterocycles. The van der Waals surface area contributed by atoms with Gasteiger partial charge in [-0.2, -0.15) is 4.31 Å². The van der Waals surface area contributed by atoms with Crippen molar-refractivity contribution >= 4 is 21.6 Å². The molecule has 5 nitrogen and oxygen atoms in total. The van der Waals surface area contributed by atoms with Crippen molar-refractivity contribution in [1.29, 1.82) is 0 Å². The van der Waals surface area contributed by atoms with Crippen molar-refractivity contribution in [3.63, 3.8) is 0 Å². The second-order valence-corrected chi connectivity index (χ2v) is 7.73. The molecule has 1 aliphatic heterocycles. The Morgan fingerprint density at radius 2 is 1.95 bits per heavy atom. The molecule has 1 aromatic carbocycles. The molecule has 0 amide bonds. The van der Waals surface area contributed by atoms with Gasteiger partial charge in [0, 0.05) is 35.9 Å². The van der Waals surface area contributed by atoms with Gasteiger partial charge in [0.1, 0.15) is 5.82 Å². The van der Waals surface area contributed by atoms with Crippen LogP contribution < -0.4 is 0 Å². The first-order chi connectivity index (χ1) is 10.5. The van der Waals surface area contributed by atoms with E-state index in [1.807, 2.05) is 13.0 Å². The molecular weight excluding hydrogens is 322 g/mol. The predicted molar refractivity (Wildman–Crippen MR) is 84.3 cm³/mol. The summed E-state index contributed by atoms with van der Waals surface area (Å²) in [5, 5.41) is 0.520. The molecule has 3 rings (SSSR count). The Balaban J connectivity index is 1.81. The number of hydrogen-bond acceptors (Lipinski definition) is 4. The predicted octanol–water partition coefficient (Wildman–Crippen LogP) is 2.62. The molecule has 0 aliphatic carbocycles. The molecule has 116 valence electrons. The van der Waals surface area contributed by atoms with Crippen molar-refractivity contribution in [3.8, 4) is 0 Å². The molecule has 1 atom stereocenters. The summed E-state index contributed by atoms with van der Waals surface area (Å²) in [6, 6.07) is 8.08. The van der Waals surface area contributed by atoms with E-state index in [0.29, 0.717) is 23.9 Å². The minimum Gasteiger partial charge on any atom is -0.241 e. The Morgan fingerprint density at radius 3 is 2.64 bits per heavy atom. The lowest BCUT2D eigenvalue weighted by atomic mass is 10.1. The fraction of sp³-hybridized carbons (Fsp3) is 0.333. The van der Waals surface area contributed by atoms with E-state index in [4.69, 9.17) is 11.6 Å². The van der Waals surface area contributed by atoms with Crippen LogP contribution in [0.5, 0.6) is 0 Å². The van der Waals surface area contributed by atoms with Crippen LogP contribution in [0.2, 0.25) is 5.02 Å². The molecule has 0 unspecified atom stereocenters. The normalized spacial score (nSPS) is 19.5. The van der Waals surface area contributed by atoms with Crippen molar-refractivity contribution in [2.75, 3.05) is 13.1 Å². The highest BCUT2D eigenvalue weighted by molar-refractivity contribution is 7.89. The molecule has 1 fully saturated rings. The summed E-state index contributed by atoms with van der Waals surface area (Å²) in [6.45, 7) is 2.80. The third kappa shape index (κ3) is 2.99. The summed E-state index contributed by atoms with van der Waals surface area (Å²) in [5.74, 6) is 0.760. The van der Waals surface area contributed by atoms with Crippen LogP contribution >= 0.6 is 11.6 Å². The van der Waals surface area contributed by atoms with E-state index in [2.05, 4.69) is 9.97 Å². The zero-order chi connectivity index (χ0) is 15.7. The molecule has 2 heterocycles. The quantitative estimate of drug-likeness (QED) is 0.863. The smallest absolute Gasteiger partial charge is 0.241 e. The van der Waals surface area contributed by atoms with Crippen LogP contribution in [0, 0.1) is 6.92 Å². The number of nitrogens with zero attached hydrogens (tertiary/aromatic N) is 3. The molecule has 2 aromatic rings. The number of halogens is 1. The summed E-state index contributed by atoms with van der Waals surface area (Å²) in [6.07, 6.45) is 2.45. The van der Waals surface area contributed by atoms with E-state index in [9.17, 15) is 8.42 Å². The summed E-state index contributed by atoms with van der Waals surface area (Å²) in [7, 11) is -3.49. The van der Waals surface area contributed by atoms with E-state index in [-0.39, 0.29) is 10.8 Å². The fourth-order valence-corrected chi connectivity index (χ4v) is 4.20. The van der Waals surface area contributed by atoms with Crippen molar-refractivity contribution in [2.24, 2.45) is 0 Å². The highest BCUT2D eigenvalue weighted by Gasteiger charge is 2.34. The third-order valence-electron chi connectivity index (χ3n) is 3.78. The van der Waals surface area contributed by atoms with Crippen molar-refractivity contribution < 1.29 is 8.42 Å². The van der Waals surface area contributed by atoms with Gasteiger partial charge in [-0.1, -0.05) is 11.6 Å². The second-order valence-electron chi connectivity index (χ2n) is 5.36. The monoisotopic (exact) mass is 337 g/mol. The summed E-state index contributed by atoms with van der Waals surface area (Å²) >= 11 is 5.81. The first-order valence-electron chi connectivity index (χ1n) is 7.02. The highest BCUT2D eigenvalue weighted by Crippen LogP contribution is 2.29. The van der Waals surface area contributed by atoms with Gasteiger partial charge in [-0.25, -0.2) is 18.4 Å². The van der Waals surface area contributed by atoms with Crippen LogP contribution in [0.25, 0.3) is 0 Å². The number of sulfonamides is 1. The zero-order valence-corrected chi connectivity index (χ0v) is 13.7. The Hall–Kier alpha value is -1.50. The van der Waals surface area contributed by atoms with Crippen LogP contribution in [0.15, 0.2) is 41.4 Å². The van der Waals surface area contributed by atoms with Crippen molar-refractivity contribution in [1.82, 2.24) is 14.3 Å². The van der Waals surface area contributed by atoms with Gasteiger partial charge in [0.2, 0.25) is 10.0 Å². The number of rotatable bonds is 3. The minimum atomic E-state index is -3.49. The maximum atomic E-state index is 12.6. The largest absolute Gasteiger partial charge is 0.243 e. The van der Waals surface area contributed by atoms with Crippen LogP contribution in [0.3, 0.4) is 0 Å². The Bertz CT molecular complexity index is 778. The average Bonchev–Trinajstić information content (AvgIpc) is 2.98. The van der Waals surface area contributed by atoms with Gasteiger partial charge in [-0.3, -0.25) is 0 Å². The topological polar surface area (TPSA) is 63.2 Å². The van der Waals surface area contributed by atoms with Gasteiger partial charge in [-0.15, -0.1) is 0 Å². The van der Waals surface area contributed by atoms with Gasteiger partial charge in [0.05, 0.1) is 4.90 Å². The standard InChI is InChI=1S/C15H16ClN3O2S/c1-11-6-8-17-15(18-11)12-7-9-19(10-12)22(20,21)14-4-2-13(16)3-5-14/h2-6,8,12H,7,9-10H2,1H3/t12-/m1/s1. The molecule has 7 heteroatoms. The second kappa shape index (κ2) is 5.95. The van der Waals surface area contributed by atoms with E-state index in [0.717, 1.165) is 12.1 Å². The van der Waals surface area contributed by atoms with Crippen LogP contribution in [0.4, 0.5) is 0 Å². The first kappa shape index (κ1) is 15.4. The first-order valence-corrected chi connectivity index (χ1v) is 8.84. The number of hydrogen-bond donors (Lipinski definition) is 0. The molecule has 22 heavy (non-hydrogen) atoms. The van der Waals surface area contributed by atoms with E-state index < -0.39 is 10.0 Å². The summed E-state index contributed by atoms with van der Waals surface area (Å²) < 4.78 is 26.8. The zero-order valence-electron chi connectivity index (χ0n) is 12.1. The van der Waals surface area contributed by atoms with Crippen LogP contribution in [0.1, 0.15) is 23.9 Å². The number of aromatic nitrogens is 2. The fourth-order valence-electron chi connectivity index (χ4n) is 2.58. The summed E-state index contributed by atoms with van der Waals surface area (Å²) in [4.78, 5) is 8.94. The van der Waals surface area contributed by atoms with Crippen LogP contribution in [-0.2, 0) is 10.0 Å². The van der Waals surface area contributed by atoms with Crippen LogP contribution in [-0.4, -0.2) is 35.8 Å². The SMILES string of the molecule is Cc1ccnc([C@@H]2CCN(S(=O)(=O)c3ccc(Cl)cc3)C2)n1. The van der Waals surface area contributed by atoms with Gasteiger partial charge in [0.25, 0.3) is 0 Å². The number of benzene rings is 1. The van der Waals surface area contributed by atoms with E-state index in [1.54, 1.807) is 18.3 Å². The van der Waals surface area contributed by atoms with Gasteiger partial charge in [0.15, 0.2) is 0 Å². The average molecular weight is 338 g/mol. The molecule has 0 spiro atoms. The molecule has 0 bridgehead atoms. The maximum Gasteiger partial charge on any atom is 0.243 e. The molecule has 0 saturated carbocycles. The van der Waals surface area contributed by atoms with Crippen molar-refractivity contribution in [3.05, 3.63) is 53.1 Å². The van der Waals surface area contributed by atoms with E-state index >= 15 is 0 Å². The molecule has 0 N–H and O–H groups in total. The number of aryl methyl sites for hydroxylation is 1. The Labute approximate surface area is 135 Å². The minimum absolute atomic E-state index is 0.0435. The molecule has 1 aromatic heterocycles. The third-order valence-corrected chi connectivity index (χ3v) is 5.91. The van der Waals surface area contributed by atoms with E-state index in [1.165, 1.54) is 16.4 Å². The lowest BCUT2D eigenvalue weighted by Gasteiger charge is -2.16. The van der Waals surface area contributed by atoms with Crippen molar-refractivity contribution in [2.45, 2.75) is 24.2 Å². The lowest BCUT2D eigenvalue weighted by Crippen LogP contribution is -2.28. The highest BCUT2D eigenvalue weighted by atomic mass is 35.5. The Morgan fingerprint density at radius 1 is 1.23 bits per heavy atom. The summed E-state index contributed by atoms with van der Waals surface area (Å²) in [5.41, 5.74) is 0.893. The maximum absolute atomic E-state index is 12.6. The Kier molecular flexibility index (Phi) is 4.16. The van der Waals surface area contributed by atoms with Gasteiger partial charge < -0.3 is 0 Å². The lowest BCUT2D eigenvalue weighted by molar-refractivity contribution is 0.471. The molecule has 1 aliphatic rings. The molecular formula is C15H16ClN3O2S. The van der Waals surface area contributed by atoms with Gasteiger partial charge >= 0.3 is 0 Å². The van der Waals surface area contributed by atoms with Gasteiger partial charge in [-0.05, 0) is 43.7 Å². The molecule has 0 radical (unpaired) electrons.